The van der Waals surface area contributed by atoms with Gasteiger partial charge in [0, 0.05) is 27.8 Å². The van der Waals surface area contributed by atoms with Crippen LogP contribution in [0, 0.1) is 0 Å². The summed E-state index contributed by atoms with van der Waals surface area (Å²) in [4.78, 5) is 14.6. The summed E-state index contributed by atoms with van der Waals surface area (Å²) in [6, 6.07) is 56.1. The highest BCUT2D eigenvalue weighted by atomic mass is 16.5. The summed E-state index contributed by atoms with van der Waals surface area (Å²) in [6.07, 6.45) is 0. The van der Waals surface area contributed by atoms with Crippen molar-refractivity contribution in [1.82, 2.24) is 15.0 Å². The Morgan fingerprint density at radius 2 is 0.878 bits per heavy atom. The minimum Gasteiger partial charge on any atom is -0.457 e. The highest BCUT2D eigenvalue weighted by Crippen LogP contribution is 2.62. The molecule has 5 nitrogen and oxygen atoms in total. The fourth-order valence-corrected chi connectivity index (χ4v) is 7.54. The molecule has 0 radical (unpaired) electrons. The average molecular weight is 630 g/mol. The molecule has 5 heteroatoms. The maximum atomic E-state index is 6.61. The van der Waals surface area contributed by atoms with Crippen LogP contribution in [0.15, 0.2) is 168 Å². The molecule has 6 aromatic carbocycles. The minimum atomic E-state index is -0.549. The molecule has 1 spiro atoms. The van der Waals surface area contributed by atoms with Gasteiger partial charge in [-0.2, -0.15) is 0 Å². The first kappa shape index (κ1) is 27.5. The molecule has 0 N–H and O–H groups in total. The van der Waals surface area contributed by atoms with Gasteiger partial charge in [0.2, 0.25) is 0 Å². The van der Waals surface area contributed by atoms with Crippen LogP contribution in [-0.2, 0) is 5.41 Å². The molecule has 1 aliphatic heterocycles. The molecule has 0 saturated carbocycles. The quantitative estimate of drug-likeness (QED) is 0.194. The second kappa shape index (κ2) is 10.7. The number of furan rings is 1. The van der Waals surface area contributed by atoms with Crippen LogP contribution in [0.5, 0.6) is 11.5 Å². The Hall–Kier alpha value is -6.59. The molecule has 0 atom stereocenters. The lowest BCUT2D eigenvalue weighted by molar-refractivity contribution is 0.436. The Morgan fingerprint density at radius 3 is 1.53 bits per heavy atom. The van der Waals surface area contributed by atoms with Gasteiger partial charge in [-0.3, -0.25) is 0 Å². The van der Waals surface area contributed by atoms with E-state index in [1.54, 1.807) is 0 Å². The summed E-state index contributed by atoms with van der Waals surface area (Å²) in [5, 5.41) is 0. The lowest BCUT2D eigenvalue weighted by atomic mass is 9.66. The van der Waals surface area contributed by atoms with Crippen LogP contribution in [0.1, 0.15) is 22.3 Å². The van der Waals surface area contributed by atoms with E-state index < -0.39 is 5.41 Å². The normalized spacial score (nSPS) is 13.2. The molecule has 1 aliphatic carbocycles. The first-order chi connectivity index (χ1) is 24.3. The molecule has 8 aromatic rings. The van der Waals surface area contributed by atoms with Crippen LogP contribution in [0.2, 0.25) is 0 Å². The van der Waals surface area contributed by atoms with E-state index in [-0.39, 0.29) is 0 Å². The molecule has 0 amide bonds. The van der Waals surface area contributed by atoms with E-state index in [1.165, 1.54) is 22.3 Å². The minimum absolute atomic E-state index is 0.476. The third kappa shape index (κ3) is 4.16. The second-order valence-corrected chi connectivity index (χ2v) is 12.4. The molecule has 3 heterocycles. The molecular formula is C44H27N3O2. The molecule has 49 heavy (non-hydrogen) atoms. The van der Waals surface area contributed by atoms with Crippen molar-refractivity contribution >= 4 is 0 Å². The van der Waals surface area contributed by atoms with Gasteiger partial charge in [-0.25, -0.2) is 15.0 Å². The smallest absolute Gasteiger partial charge is 0.199 e. The van der Waals surface area contributed by atoms with Crippen molar-refractivity contribution < 1.29 is 9.15 Å². The SMILES string of the molecule is c1ccc(-c2nc(-c3ccccc3)nc(-c3ccc(-c4ccc5c(c4)C4(c6ccccc6O5)c5ccccc5-c5ccccc54)o3)n2)cc1. The molecular weight excluding hydrogens is 603 g/mol. The fourth-order valence-electron chi connectivity index (χ4n) is 7.54. The number of nitrogens with zero attached hydrogens (tertiary/aromatic N) is 3. The van der Waals surface area contributed by atoms with Gasteiger partial charge in [0.25, 0.3) is 0 Å². The number of fused-ring (bicyclic) bond motifs is 9. The van der Waals surface area contributed by atoms with E-state index in [1.807, 2.05) is 78.9 Å². The van der Waals surface area contributed by atoms with Gasteiger partial charge in [0.1, 0.15) is 17.3 Å². The summed E-state index contributed by atoms with van der Waals surface area (Å²) in [6.45, 7) is 0. The zero-order valence-corrected chi connectivity index (χ0v) is 26.2. The largest absolute Gasteiger partial charge is 0.457 e. The number of benzene rings is 6. The van der Waals surface area contributed by atoms with Crippen molar-refractivity contribution in [3.8, 4) is 68.3 Å². The average Bonchev–Trinajstić information content (AvgIpc) is 3.79. The fraction of sp³-hybridized carbons (Fsp3) is 0.0227. The Morgan fingerprint density at radius 1 is 0.367 bits per heavy atom. The highest BCUT2D eigenvalue weighted by molar-refractivity contribution is 5.89. The van der Waals surface area contributed by atoms with Crippen LogP contribution in [0.3, 0.4) is 0 Å². The van der Waals surface area contributed by atoms with E-state index in [4.69, 9.17) is 24.1 Å². The van der Waals surface area contributed by atoms with Gasteiger partial charge in [-0.05, 0) is 58.7 Å². The maximum Gasteiger partial charge on any atom is 0.199 e. The van der Waals surface area contributed by atoms with Gasteiger partial charge in [0.05, 0.1) is 5.41 Å². The number of hydrogen-bond acceptors (Lipinski definition) is 5. The third-order valence-corrected chi connectivity index (χ3v) is 9.66. The number of hydrogen-bond donors (Lipinski definition) is 0. The van der Waals surface area contributed by atoms with Crippen LogP contribution in [0.25, 0.3) is 56.8 Å². The third-order valence-electron chi connectivity index (χ3n) is 9.66. The van der Waals surface area contributed by atoms with E-state index >= 15 is 0 Å². The molecule has 0 unspecified atom stereocenters. The Balaban J connectivity index is 1.14. The standard InChI is InChI=1S/C44H27N3O2/c1-3-13-28(14-4-1)41-45-42(29-15-5-2-6-16-29)47-43(46-41)40-26-25-37(48-40)30-23-24-39-36(27-30)44(35-21-11-12-22-38(35)49-39)33-19-9-7-17-31(33)32-18-8-10-20-34(32)44/h1-27H. The monoisotopic (exact) mass is 629 g/mol. The summed E-state index contributed by atoms with van der Waals surface area (Å²) in [5.41, 5.74) is 9.40. The summed E-state index contributed by atoms with van der Waals surface area (Å²) in [7, 11) is 0. The summed E-state index contributed by atoms with van der Waals surface area (Å²) >= 11 is 0. The van der Waals surface area contributed by atoms with Crippen molar-refractivity contribution in [2.75, 3.05) is 0 Å². The van der Waals surface area contributed by atoms with Crippen molar-refractivity contribution in [1.29, 1.82) is 0 Å². The number of rotatable bonds is 4. The highest BCUT2D eigenvalue weighted by Gasteiger charge is 2.51. The van der Waals surface area contributed by atoms with Gasteiger partial charge < -0.3 is 9.15 Å². The predicted octanol–water partition coefficient (Wildman–Crippen LogP) is 10.6. The zero-order valence-electron chi connectivity index (χ0n) is 26.2. The van der Waals surface area contributed by atoms with Gasteiger partial charge in [0.15, 0.2) is 23.2 Å². The first-order valence-electron chi connectivity index (χ1n) is 16.4. The van der Waals surface area contributed by atoms with Crippen molar-refractivity contribution in [2.45, 2.75) is 5.41 Å². The molecule has 0 fully saturated rings. The Bertz CT molecular complexity index is 2440. The van der Waals surface area contributed by atoms with Crippen LogP contribution in [0.4, 0.5) is 0 Å². The van der Waals surface area contributed by atoms with Crippen LogP contribution >= 0.6 is 0 Å². The molecule has 10 rings (SSSR count). The van der Waals surface area contributed by atoms with Crippen molar-refractivity contribution in [3.05, 3.63) is 186 Å². The van der Waals surface area contributed by atoms with Gasteiger partial charge in [-0.1, -0.05) is 127 Å². The molecule has 0 saturated heterocycles. The number of aromatic nitrogens is 3. The number of ether oxygens (including phenoxy) is 1. The van der Waals surface area contributed by atoms with Crippen LogP contribution < -0.4 is 4.74 Å². The van der Waals surface area contributed by atoms with Crippen LogP contribution in [-0.4, -0.2) is 15.0 Å². The topological polar surface area (TPSA) is 61.0 Å². The first-order valence-corrected chi connectivity index (χ1v) is 16.4. The summed E-state index contributed by atoms with van der Waals surface area (Å²) in [5.74, 6) is 4.64. The predicted molar refractivity (Wildman–Crippen MR) is 191 cm³/mol. The van der Waals surface area contributed by atoms with E-state index in [2.05, 4.69) is 84.9 Å². The van der Waals surface area contributed by atoms with Gasteiger partial charge >= 0.3 is 0 Å². The van der Waals surface area contributed by atoms with Crippen molar-refractivity contribution in [2.24, 2.45) is 0 Å². The lowest BCUT2D eigenvalue weighted by Crippen LogP contribution is -2.32. The van der Waals surface area contributed by atoms with E-state index in [0.717, 1.165) is 39.3 Å². The zero-order chi connectivity index (χ0) is 32.4. The molecule has 0 bridgehead atoms. The van der Waals surface area contributed by atoms with E-state index in [9.17, 15) is 0 Å². The Kier molecular flexibility index (Phi) is 6.02. The molecule has 2 aromatic heterocycles. The Labute approximate surface area is 283 Å². The van der Waals surface area contributed by atoms with E-state index in [0.29, 0.717) is 29.0 Å². The summed E-state index contributed by atoms with van der Waals surface area (Å²) < 4.78 is 13.2. The van der Waals surface area contributed by atoms with Gasteiger partial charge in [-0.15, -0.1) is 0 Å². The van der Waals surface area contributed by atoms with Crippen molar-refractivity contribution in [3.63, 3.8) is 0 Å². The lowest BCUT2D eigenvalue weighted by Gasteiger charge is -2.39. The maximum absolute atomic E-state index is 6.61. The molecule has 2 aliphatic rings. The molecule has 230 valence electrons. The second-order valence-electron chi connectivity index (χ2n) is 12.4. The number of para-hydroxylation sites is 1.